The van der Waals surface area contributed by atoms with Crippen LogP contribution in [0.1, 0.15) is 37.8 Å². The quantitative estimate of drug-likeness (QED) is 0.803. The average molecular weight is 206 g/mol. The number of aliphatic hydroxyl groups is 1. The minimum absolute atomic E-state index is 0.309. The molecule has 15 heavy (non-hydrogen) atoms. The second-order valence-corrected chi connectivity index (χ2v) is 4.29. The van der Waals surface area contributed by atoms with Crippen molar-refractivity contribution in [2.75, 3.05) is 7.05 Å². The summed E-state index contributed by atoms with van der Waals surface area (Å²) in [5.41, 5.74) is 0.574. The minimum Gasteiger partial charge on any atom is -0.376 e. The van der Waals surface area contributed by atoms with Crippen molar-refractivity contribution >= 4 is 0 Å². The van der Waals surface area contributed by atoms with Crippen molar-refractivity contribution in [3.8, 4) is 0 Å². The van der Waals surface area contributed by atoms with E-state index in [1.54, 1.807) is 6.20 Å². The zero-order valence-electron chi connectivity index (χ0n) is 9.35. The molecule has 0 radical (unpaired) electrons. The Kier molecular flexibility index (Phi) is 2.76. The summed E-state index contributed by atoms with van der Waals surface area (Å²) in [5.74, 6) is 0. The van der Waals surface area contributed by atoms with E-state index < -0.39 is 5.72 Å². The van der Waals surface area contributed by atoms with Gasteiger partial charge in [0, 0.05) is 18.4 Å². The SMILES string of the molecule is CCC1(O)CC[C@@H](c2cccnc2)N1C. The lowest BCUT2D eigenvalue weighted by Crippen LogP contribution is -2.41. The van der Waals surface area contributed by atoms with Crippen LogP contribution in [0.4, 0.5) is 0 Å². The van der Waals surface area contributed by atoms with E-state index in [9.17, 15) is 5.11 Å². The predicted molar refractivity (Wildman–Crippen MR) is 59.2 cm³/mol. The zero-order chi connectivity index (χ0) is 10.9. The van der Waals surface area contributed by atoms with E-state index in [4.69, 9.17) is 0 Å². The van der Waals surface area contributed by atoms with Gasteiger partial charge in [-0.1, -0.05) is 13.0 Å². The van der Waals surface area contributed by atoms with Crippen LogP contribution in [0.2, 0.25) is 0 Å². The van der Waals surface area contributed by atoms with Gasteiger partial charge in [0.1, 0.15) is 5.72 Å². The lowest BCUT2D eigenvalue weighted by molar-refractivity contribution is -0.0830. The average Bonchev–Trinajstić information content (AvgIpc) is 2.58. The highest BCUT2D eigenvalue weighted by Gasteiger charge is 2.41. The van der Waals surface area contributed by atoms with Crippen LogP contribution in [0, 0.1) is 0 Å². The fraction of sp³-hybridized carbons (Fsp3) is 0.583. The fourth-order valence-corrected chi connectivity index (χ4v) is 2.42. The molecule has 0 spiro atoms. The summed E-state index contributed by atoms with van der Waals surface area (Å²) in [6, 6.07) is 4.34. The smallest absolute Gasteiger partial charge is 0.118 e. The summed E-state index contributed by atoms with van der Waals surface area (Å²) in [6.07, 6.45) is 6.30. The molecule has 1 fully saturated rings. The van der Waals surface area contributed by atoms with Crippen molar-refractivity contribution in [3.63, 3.8) is 0 Å². The van der Waals surface area contributed by atoms with Crippen molar-refractivity contribution in [2.45, 2.75) is 38.0 Å². The third-order valence-corrected chi connectivity index (χ3v) is 3.58. The first-order valence-electron chi connectivity index (χ1n) is 5.52. The topological polar surface area (TPSA) is 36.4 Å². The lowest BCUT2D eigenvalue weighted by atomic mass is 10.1. The standard InChI is InChI=1S/C12H18N2O/c1-3-12(15)7-6-11(14(12)2)10-5-4-8-13-9-10/h4-5,8-9,11,15H,3,6-7H2,1-2H3/t11-,12?/m0/s1. The Labute approximate surface area is 90.8 Å². The van der Waals surface area contributed by atoms with Crippen molar-refractivity contribution in [3.05, 3.63) is 30.1 Å². The maximum Gasteiger partial charge on any atom is 0.118 e. The maximum atomic E-state index is 10.3. The molecule has 0 saturated carbocycles. The van der Waals surface area contributed by atoms with Gasteiger partial charge in [-0.25, -0.2) is 0 Å². The molecule has 82 valence electrons. The van der Waals surface area contributed by atoms with Gasteiger partial charge in [0.15, 0.2) is 0 Å². The molecule has 1 aromatic heterocycles. The Morgan fingerprint density at radius 2 is 2.47 bits per heavy atom. The first-order valence-corrected chi connectivity index (χ1v) is 5.52. The van der Waals surface area contributed by atoms with Crippen molar-refractivity contribution < 1.29 is 5.11 Å². The molecule has 1 saturated heterocycles. The highest BCUT2D eigenvalue weighted by atomic mass is 16.3. The van der Waals surface area contributed by atoms with Crippen LogP contribution in [0.3, 0.4) is 0 Å². The molecule has 3 heteroatoms. The van der Waals surface area contributed by atoms with E-state index in [-0.39, 0.29) is 0 Å². The highest BCUT2D eigenvalue weighted by molar-refractivity contribution is 5.16. The third kappa shape index (κ3) is 1.77. The number of aromatic nitrogens is 1. The Morgan fingerprint density at radius 3 is 3.00 bits per heavy atom. The number of hydrogen-bond donors (Lipinski definition) is 1. The molecule has 2 atom stereocenters. The molecular formula is C12H18N2O. The molecule has 0 aliphatic carbocycles. The normalized spacial score (nSPS) is 32.1. The number of hydrogen-bond acceptors (Lipinski definition) is 3. The van der Waals surface area contributed by atoms with Gasteiger partial charge >= 0.3 is 0 Å². The summed E-state index contributed by atoms with van der Waals surface area (Å²) in [7, 11) is 1.99. The van der Waals surface area contributed by atoms with Crippen LogP contribution < -0.4 is 0 Å². The fourth-order valence-electron chi connectivity index (χ4n) is 2.42. The summed E-state index contributed by atoms with van der Waals surface area (Å²) in [6.45, 7) is 2.03. The molecule has 2 rings (SSSR count). The van der Waals surface area contributed by atoms with Crippen LogP contribution in [-0.4, -0.2) is 27.8 Å². The molecule has 1 unspecified atom stereocenters. The van der Waals surface area contributed by atoms with Gasteiger partial charge in [-0.15, -0.1) is 0 Å². The lowest BCUT2D eigenvalue weighted by Gasteiger charge is -2.33. The van der Waals surface area contributed by atoms with Gasteiger partial charge in [-0.2, -0.15) is 0 Å². The Balaban J connectivity index is 2.21. The Morgan fingerprint density at radius 1 is 1.67 bits per heavy atom. The van der Waals surface area contributed by atoms with E-state index in [1.807, 2.05) is 26.2 Å². The summed E-state index contributed by atoms with van der Waals surface area (Å²) in [5, 5.41) is 10.3. The summed E-state index contributed by atoms with van der Waals surface area (Å²) < 4.78 is 0. The van der Waals surface area contributed by atoms with Gasteiger partial charge in [0.05, 0.1) is 0 Å². The number of rotatable bonds is 2. The van der Waals surface area contributed by atoms with Gasteiger partial charge in [0.2, 0.25) is 0 Å². The molecule has 0 aromatic carbocycles. The van der Waals surface area contributed by atoms with Gasteiger partial charge in [0.25, 0.3) is 0 Å². The van der Waals surface area contributed by atoms with E-state index in [2.05, 4.69) is 16.0 Å². The van der Waals surface area contributed by atoms with Crippen LogP contribution in [0.25, 0.3) is 0 Å². The molecule has 0 amide bonds. The van der Waals surface area contributed by atoms with Crippen LogP contribution in [-0.2, 0) is 0 Å². The van der Waals surface area contributed by atoms with Crippen LogP contribution in [0.5, 0.6) is 0 Å². The highest BCUT2D eigenvalue weighted by Crippen LogP contribution is 2.40. The van der Waals surface area contributed by atoms with Gasteiger partial charge in [-0.3, -0.25) is 9.88 Å². The van der Waals surface area contributed by atoms with E-state index in [0.29, 0.717) is 6.04 Å². The Bertz CT molecular complexity index is 328. The second-order valence-electron chi connectivity index (χ2n) is 4.29. The predicted octanol–water partition coefficient (Wildman–Crippen LogP) is 1.95. The monoisotopic (exact) mass is 206 g/mol. The largest absolute Gasteiger partial charge is 0.376 e. The molecule has 1 aliphatic rings. The molecule has 3 nitrogen and oxygen atoms in total. The first-order chi connectivity index (χ1) is 7.17. The molecule has 1 aromatic rings. The summed E-state index contributed by atoms with van der Waals surface area (Å²) in [4.78, 5) is 6.20. The maximum absolute atomic E-state index is 10.3. The minimum atomic E-state index is -0.624. The molecule has 2 heterocycles. The van der Waals surface area contributed by atoms with E-state index in [0.717, 1.165) is 19.3 Å². The van der Waals surface area contributed by atoms with Crippen LogP contribution >= 0.6 is 0 Å². The number of pyridine rings is 1. The number of nitrogens with zero attached hydrogens (tertiary/aromatic N) is 2. The summed E-state index contributed by atoms with van der Waals surface area (Å²) >= 11 is 0. The van der Waals surface area contributed by atoms with Gasteiger partial charge in [-0.05, 0) is 37.9 Å². The molecule has 0 bridgehead atoms. The molecule has 1 N–H and O–H groups in total. The first kappa shape index (κ1) is 10.6. The van der Waals surface area contributed by atoms with Crippen molar-refractivity contribution in [2.24, 2.45) is 0 Å². The zero-order valence-corrected chi connectivity index (χ0v) is 9.35. The third-order valence-electron chi connectivity index (χ3n) is 3.58. The Hall–Kier alpha value is -0.930. The molecule has 1 aliphatic heterocycles. The van der Waals surface area contributed by atoms with E-state index >= 15 is 0 Å². The van der Waals surface area contributed by atoms with E-state index in [1.165, 1.54) is 5.56 Å². The molecular weight excluding hydrogens is 188 g/mol. The van der Waals surface area contributed by atoms with Crippen molar-refractivity contribution in [1.82, 2.24) is 9.88 Å². The van der Waals surface area contributed by atoms with Crippen LogP contribution in [0.15, 0.2) is 24.5 Å². The van der Waals surface area contributed by atoms with Gasteiger partial charge < -0.3 is 5.11 Å². The number of likely N-dealkylation sites (tertiary alicyclic amines) is 1. The van der Waals surface area contributed by atoms with Crippen molar-refractivity contribution in [1.29, 1.82) is 0 Å². The second kappa shape index (κ2) is 3.91.